The van der Waals surface area contributed by atoms with E-state index in [9.17, 15) is 0 Å². The molecule has 0 aliphatic rings. The van der Waals surface area contributed by atoms with E-state index in [-0.39, 0.29) is 5.54 Å². The molecule has 16 heavy (non-hydrogen) atoms. The standard InChI is InChI=1S/C12H31N3Si/c1-8-13-16(14-9-2,10-11(3)4)15-12(5,6)7/h11,13-15H,8-10H2,1-7H3. The zero-order valence-corrected chi connectivity index (χ0v) is 13.2. The maximum atomic E-state index is 3.82. The highest BCUT2D eigenvalue weighted by molar-refractivity contribution is 6.72. The summed E-state index contributed by atoms with van der Waals surface area (Å²) in [6, 6.07) is 1.21. The van der Waals surface area contributed by atoms with E-state index in [4.69, 9.17) is 0 Å². The summed E-state index contributed by atoms with van der Waals surface area (Å²) < 4.78 is 0. The Hall–Kier alpha value is 0.0969. The van der Waals surface area contributed by atoms with Crippen LogP contribution in [0.4, 0.5) is 0 Å². The third-order valence-electron chi connectivity index (χ3n) is 2.26. The molecule has 0 unspecified atom stereocenters. The van der Waals surface area contributed by atoms with Gasteiger partial charge < -0.3 is 14.9 Å². The van der Waals surface area contributed by atoms with Gasteiger partial charge in [-0.05, 0) is 45.8 Å². The summed E-state index contributed by atoms with van der Waals surface area (Å²) in [6.45, 7) is 17.7. The van der Waals surface area contributed by atoms with Crippen LogP contribution in [-0.4, -0.2) is 27.2 Å². The van der Waals surface area contributed by atoms with Crippen LogP contribution in [0.5, 0.6) is 0 Å². The molecule has 0 fully saturated rings. The van der Waals surface area contributed by atoms with Gasteiger partial charge in [-0.2, -0.15) is 0 Å². The molecule has 0 atom stereocenters. The maximum Gasteiger partial charge on any atom is 0.282 e. The smallest absolute Gasteiger partial charge is 0.282 e. The fourth-order valence-corrected chi connectivity index (χ4v) is 6.61. The largest absolute Gasteiger partial charge is 0.313 e. The van der Waals surface area contributed by atoms with E-state index in [1.54, 1.807) is 0 Å². The molecule has 0 saturated carbocycles. The van der Waals surface area contributed by atoms with Crippen molar-refractivity contribution in [1.29, 1.82) is 0 Å². The number of rotatable bonds is 7. The van der Waals surface area contributed by atoms with Crippen molar-refractivity contribution in [2.75, 3.05) is 13.1 Å². The topological polar surface area (TPSA) is 36.1 Å². The first-order valence-corrected chi connectivity index (χ1v) is 8.74. The minimum Gasteiger partial charge on any atom is -0.313 e. The second-order valence-corrected chi connectivity index (χ2v) is 9.11. The second kappa shape index (κ2) is 6.74. The Morgan fingerprint density at radius 3 is 1.69 bits per heavy atom. The summed E-state index contributed by atoms with van der Waals surface area (Å²) in [5.74, 6) is 0.708. The summed E-state index contributed by atoms with van der Waals surface area (Å²) in [7, 11) is -1.74. The molecule has 0 rings (SSSR count). The number of hydrogen-bond acceptors (Lipinski definition) is 3. The van der Waals surface area contributed by atoms with Crippen LogP contribution in [0.2, 0.25) is 6.04 Å². The van der Waals surface area contributed by atoms with E-state index >= 15 is 0 Å². The van der Waals surface area contributed by atoms with Crippen molar-refractivity contribution in [2.24, 2.45) is 5.92 Å². The summed E-state index contributed by atoms with van der Waals surface area (Å²) in [6.07, 6.45) is 0. The van der Waals surface area contributed by atoms with Crippen molar-refractivity contribution in [3.05, 3.63) is 0 Å². The molecule has 0 amide bonds. The minimum absolute atomic E-state index is 0.158. The lowest BCUT2D eigenvalue weighted by atomic mass is 10.1. The minimum atomic E-state index is -1.74. The molecule has 0 aromatic carbocycles. The quantitative estimate of drug-likeness (QED) is 0.602. The van der Waals surface area contributed by atoms with Crippen LogP contribution in [0.1, 0.15) is 48.5 Å². The van der Waals surface area contributed by atoms with E-state index in [0.29, 0.717) is 5.92 Å². The van der Waals surface area contributed by atoms with Crippen molar-refractivity contribution in [3.63, 3.8) is 0 Å². The number of hydrogen-bond donors (Lipinski definition) is 3. The summed E-state index contributed by atoms with van der Waals surface area (Å²) in [5, 5.41) is 0. The highest BCUT2D eigenvalue weighted by Crippen LogP contribution is 2.13. The lowest BCUT2D eigenvalue weighted by Gasteiger charge is -2.40. The van der Waals surface area contributed by atoms with Gasteiger partial charge in [0.05, 0.1) is 0 Å². The molecule has 98 valence electrons. The van der Waals surface area contributed by atoms with Crippen molar-refractivity contribution < 1.29 is 0 Å². The number of nitrogens with one attached hydrogen (secondary N) is 3. The fourth-order valence-electron chi connectivity index (χ4n) is 2.20. The third-order valence-corrected chi connectivity index (χ3v) is 6.78. The first-order chi connectivity index (χ1) is 7.24. The molecule has 3 nitrogen and oxygen atoms in total. The van der Waals surface area contributed by atoms with Gasteiger partial charge in [-0.1, -0.05) is 27.7 Å². The molecule has 0 heterocycles. The fraction of sp³-hybridized carbons (Fsp3) is 1.00. The summed E-state index contributed by atoms with van der Waals surface area (Å²) >= 11 is 0. The Balaban J connectivity index is 4.77. The van der Waals surface area contributed by atoms with Gasteiger partial charge in [-0.25, -0.2) is 0 Å². The molecule has 0 radical (unpaired) electrons. The van der Waals surface area contributed by atoms with Crippen LogP contribution < -0.4 is 14.9 Å². The predicted molar refractivity (Wildman–Crippen MR) is 75.6 cm³/mol. The average Bonchev–Trinajstić information content (AvgIpc) is 1.98. The SMILES string of the molecule is CCN[Si](CC(C)C)(NCC)NC(C)(C)C. The molecule has 0 aliphatic carbocycles. The van der Waals surface area contributed by atoms with Crippen LogP contribution in [0.15, 0.2) is 0 Å². The Labute approximate surface area is 103 Å². The Morgan fingerprint density at radius 1 is 1.00 bits per heavy atom. The van der Waals surface area contributed by atoms with Gasteiger partial charge in [-0.15, -0.1) is 0 Å². The van der Waals surface area contributed by atoms with E-state index in [2.05, 4.69) is 63.4 Å². The predicted octanol–water partition coefficient (Wildman–Crippen LogP) is 2.19. The molecular formula is C12H31N3Si. The van der Waals surface area contributed by atoms with Crippen molar-refractivity contribution in [1.82, 2.24) is 14.9 Å². The third kappa shape index (κ3) is 6.63. The molecule has 0 aromatic rings. The maximum absolute atomic E-state index is 3.82. The lowest BCUT2D eigenvalue weighted by molar-refractivity contribution is 0.485. The van der Waals surface area contributed by atoms with Crippen molar-refractivity contribution >= 4 is 8.56 Å². The molecule has 4 heteroatoms. The second-order valence-electron chi connectivity index (χ2n) is 5.94. The van der Waals surface area contributed by atoms with Gasteiger partial charge in [-0.3, -0.25) is 0 Å². The zero-order valence-electron chi connectivity index (χ0n) is 12.2. The van der Waals surface area contributed by atoms with Crippen LogP contribution in [0.3, 0.4) is 0 Å². The highest BCUT2D eigenvalue weighted by atomic mass is 28.4. The molecule has 0 aromatic heterocycles. The average molecular weight is 245 g/mol. The molecule has 0 bridgehead atoms. The molecule has 0 spiro atoms. The van der Waals surface area contributed by atoms with Crippen LogP contribution in [0, 0.1) is 5.92 Å². The van der Waals surface area contributed by atoms with Gasteiger partial charge in [0.2, 0.25) is 0 Å². The zero-order chi connectivity index (χ0) is 12.8. The molecular weight excluding hydrogens is 214 g/mol. The van der Waals surface area contributed by atoms with Gasteiger partial charge in [0.1, 0.15) is 0 Å². The molecule has 0 saturated heterocycles. The van der Waals surface area contributed by atoms with E-state index in [1.807, 2.05) is 0 Å². The van der Waals surface area contributed by atoms with Crippen LogP contribution in [-0.2, 0) is 0 Å². The molecule has 3 N–H and O–H groups in total. The first-order valence-electron chi connectivity index (χ1n) is 6.54. The molecule has 0 aliphatic heterocycles. The lowest BCUT2D eigenvalue weighted by Crippen LogP contribution is -2.76. The first kappa shape index (κ1) is 16.1. The normalized spacial score (nSPS) is 13.5. The van der Waals surface area contributed by atoms with E-state index in [1.165, 1.54) is 6.04 Å². The van der Waals surface area contributed by atoms with Gasteiger partial charge >= 0.3 is 0 Å². The summed E-state index contributed by atoms with van der Waals surface area (Å²) in [4.78, 5) is 11.2. The van der Waals surface area contributed by atoms with Gasteiger partial charge in [0.15, 0.2) is 0 Å². The van der Waals surface area contributed by atoms with Crippen molar-refractivity contribution in [3.8, 4) is 0 Å². The van der Waals surface area contributed by atoms with Crippen LogP contribution >= 0.6 is 0 Å². The van der Waals surface area contributed by atoms with E-state index in [0.717, 1.165) is 13.1 Å². The van der Waals surface area contributed by atoms with E-state index < -0.39 is 8.56 Å². The van der Waals surface area contributed by atoms with Crippen LogP contribution in [0.25, 0.3) is 0 Å². The summed E-state index contributed by atoms with van der Waals surface area (Å²) in [5.41, 5.74) is 0.158. The highest BCUT2D eigenvalue weighted by Gasteiger charge is 2.36. The Morgan fingerprint density at radius 2 is 1.44 bits per heavy atom. The Kier molecular flexibility index (Phi) is 6.78. The van der Waals surface area contributed by atoms with Gasteiger partial charge in [0, 0.05) is 5.54 Å². The van der Waals surface area contributed by atoms with Gasteiger partial charge in [0.25, 0.3) is 8.56 Å². The monoisotopic (exact) mass is 245 g/mol. The van der Waals surface area contributed by atoms with Crippen molar-refractivity contribution in [2.45, 2.75) is 60.0 Å². The Bertz CT molecular complexity index is 181.